The maximum absolute atomic E-state index is 12.0. The Kier molecular flexibility index (Phi) is 3.94. The van der Waals surface area contributed by atoms with Crippen molar-refractivity contribution in [3.63, 3.8) is 0 Å². The van der Waals surface area contributed by atoms with Crippen LogP contribution in [0.25, 0.3) is 0 Å². The van der Waals surface area contributed by atoms with Crippen molar-refractivity contribution in [1.29, 1.82) is 5.26 Å². The molecule has 0 aromatic carbocycles. The van der Waals surface area contributed by atoms with Crippen molar-refractivity contribution in [2.75, 3.05) is 19.6 Å². The van der Waals surface area contributed by atoms with Gasteiger partial charge in [-0.2, -0.15) is 18.4 Å². The van der Waals surface area contributed by atoms with Crippen molar-refractivity contribution in [1.82, 2.24) is 4.90 Å². The average molecular weight is 222 g/mol. The molecule has 1 saturated heterocycles. The van der Waals surface area contributed by atoms with E-state index in [0.29, 0.717) is 19.5 Å². The van der Waals surface area contributed by atoms with Crippen LogP contribution < -0.4 is 0 Å². The molecule has 1 heterocycles. The van der Waals surface area contributed by atoms with Crippen LogP contribution in [0.3, 0.4) is 0 Å². The molecular weight excluding hydrogens is 209 g/mol. The fraction of sp³-hybridized carbons (Fsp3) is 0.889. The lowest BCUT2D eigenvalue weighted by molar-refractivity contribution is -0.208. The normalized spacial score (nSPS) is 25.9. The lowest BCUT2D eigenvalue weighted by Gasteiger charge is -2.31. The van der Waals surface area contributed by atoms with Gasteiger partial charge in [0.1, 0.15) is 0 Å². The highest BCUT2D eigenvalue weighted by atomic mass is 19.4. The molecule has 0 saturated carbocycles. The van der Waals surface area contributed by atoms with Gasteiger partial charge in [-0.05, 0) is 19.4 Å². The van der Waals surface area contributed by atoms with Crippen LogP contribution >= 0.6 is 0 Å². The van der Waals surface area contributed by atoms with Crippen LogP contribution in [0.2, 0.25) is 0 Å². The number of hydrogen-bond donors (Lipinski definition) is 1. The summed E-state index contributed by atoms with van der Waals surface area (Å²) in [6, 6.07) is 2.04. The van der Waals surface area contributed by atoms with Crippen molar-refractivity contribution in [3.8, 4) is 6.07 Å². The van der Waals surface area contributed by atoms with Gasteiger partial charge in [-0.1, -0.05) is 0 Å². The minimum absolute atomic E-state index is 0.209. The monoisotopic (exact) mass is 222 g/mol. The molecule has 0 aromatic heterocycles. The molecule has 1 rings (SSSR count). The summed E-state index contributed by atoms with van der Waals surface area (Å²) in [5.41, 5.74) is 0. The quantitative estimate of drug-likeness (QED) is 0.762. The van der Waals surface area contributed by atoms with Crippen LogP contribution in [-0.4, -0.2) is 41.9 Å². The summed E-state index contributed by atoms with van der Waals surface area (Å²) < 4.78 is 36.1. The molecule has 86 valence electrons. The van der Waals surface area contributed by atoms with E-state index in [4.69, 9.17) is 10.4 Å². The highest BCUT2D eigenvalue weighted by Gasteiger charge is 2.39. The van der Waals surface area contributed by atoms with E-state index in [1.54, 1.807) is 0 Å². The van der Waals surface area contributed by atoms with Crippen molar-refractivity contribution in [2.24, 2.45) is 5.92 Å². The fourth-order valence-corrected chi connectivity index (χ4v) is 1.67. The highest BCUT2D eigenvalue weighted by Crippen LogP contribution is 2.23. The molecule has 1 aliphatic heterocycles. The second-order valence-corrected chi connectivity index (χ2v) is 3.79. The van der Waals surface area contributed by atoms with Gasteiger partial charge in [0.2, 0.25) is 0 Å². The molecular formula is C9H13F3N2O. The predicted molar refractivity (Wildman–Crippen MR) is 46.8 cm³/mol. The van der Waals surface area contributed by atoms with Crippen molar-refractivity contribution in [2.45, 2.75) is 25.1 Å². The smallest absolute Gasteiger partial charge is 0.382 e. The zero-order valence-electron chi connectivity index (χ0n) is 8.17. The zero-order chi connectivity index (χ0) is 11.5. The first-order chi connectivity index (χ1) is 6.93. The molecule has 15 heavy (non-hydrogen) atoms. The van der Waals surface area contributed by atoms with E-state index < -0.39 is 18.8 Å². The van der Waals surface area contributed by atoms with Crippen LogP contribution in [0.15, 0.2) is 0 Å². The lowest BCUT2D eigenvalue weighted by Crippen LogP contribution is -2.44. The maximum atomic E-state index is 12.0. The SMILES string of the molecule is N#CC1CCCN(CC(O)C(F)(F)F)C1. The minimum atomic E-state index is -4.57. The number of aliphatic hydroxyl groups excluding tert-OH is 1. The second kappa shape index (κ2) is 4.81. The number of nitriles is 1. The first-order valence-corrected chi connectivity index (χ1v) is 4.80. The molecule has 0 amide bonds. The summed E-state index contributed by atoms with van der Waals surface area (Å²) in [5, 5.41) is 17.5. The van der Waals surface area contributed by atoms with Crippen LogP contribution in [-0.2, 0) is 0 Å². The van der Waals surface area contributed by atoms with Gasteiger partial charge in [0.25, 0.3) is 0 Å². The number of nitrogens with zero attached hydrogens (tertiary/aromatic N) is 2. The molecule has 2 unspecified atom stereocenters. The zero-order valence-corrected chi connectivity index (χ0v) is 8.17. The third kappa shape index (κ3) is 3.68. The number of alkyl halides is 3. The topological polar surface area (TPSA) is 47.3 Å². The van der Waals surface area contributed by atoms with E-state index in [0.717, 1.165) is 6.42 Å². The molecule has 0 aliphatic carbocycles. The molecule has 0 bridgehead atoms. The third-order valence-electron chi connectivity index (χ3n) is 2.50. The Labute approximate surface area is 86.1 Å². The Bertz CT molecular complexity index is 249. The molecule has 3 nitrogen and oxygen atoms in total. The Hall–Kier alpha value is -0.800. The van der Waals surface area contributed by atoms with Gasteiger partial charge in [0.15, 0.2) is 6.10 Å². The van der Waals surface area contributed by atoms with Crippen LogP contribution in [0.4, 0.5) is 13.2 Å². The van der Waals surface area contributed by atoms with Gasteiger partial charge in [-0.15, -0.1) is 0 Å². The first kappa shape index (κ1) is 12.3. The van der Waals surface area contributed by atoms with Gasteiger partial charge < -0.3 is 5.11 Å². The van der Waals surface area contributed by atoms with Crippen LogP contribution in [0.5, 0.6) is 0 Å². The molecule has 6 heteroatoms. The number of hydrogen-bond acceptors (Lipinski definition) is 3. The molecule has 0 spiro atoms. The molecule has 0 radical (unpaired) electrons. The minimum Gasteiger partial charge on any atom is -0.382 e. The summed E-state index contributed by atoms with van der Waals surface area (Å²) >= 11 is 0. The second-order valence-electron chi connectivity index (χ2n) is 3.79. The van der Waals surface area contributed by atoms with Crippen molar-refractivity contribution < 1.29 is 18.3 Å². The highest BCUT2D eigenvalue weighted by molar-refractivity contribution is 4.89. The molecule has 0 aromatic rings. The summed E-state index contributed by atoms with van der Waals surface area (Å²) in [7, 11) is 0. The van der Waals surface area contributed by atoms with Crippen molar-refractivity contribution >= 4 is 0 Å². The van der Waals surface area contributed by atoms with Crippen molar-refractivity contribution in [3.05, 3.63) is 0 Å². The molecule has 1 aliphatic rings. The van der Waals surface area contributed by atoms with E-state index in [1.807, 2.05) is 6.07 Å². The summed E-state index contributed by atoms with van der Waals surface area (Å²) in [4.78, 5) is 1.50. The van der Waals surface area contributed by atoms with Crippen LogP contribution in [0.1, 0.15) is 12.8 Å². The van der Waals surface area contributed by atoms with Gasteiger partial charge in [-0.25, -0.2) is 0 Å². The van der Waals surface area contributed by atoms with Gasteiger partial charge in [0.05, 0.1) is 12.0 Å². The Balaban J connectivity index is 2.42. The number of aliphatic hydroxyl groups is 1. The summed E-state index contributed by atoms with van der Waals surface area (Å²) in [6.07, 6.45) is -5.44. The number of halogens is 3. The number of likely N-dealkylation sites (tertiary alicyclic amines) is 1. The fourth-order valence-electron chi connectivity index (χ4n) is 1.67. The Morgan fingerprint density at radius 2 is 2.20 bits per heavy atom. The number of rotatable bonds is 2. The Morgan fingerprint density at radius 3 is 2.73 bits per heavy atom. The summed E-state index contributed by atoms with van der Waals surface area (Å²) in [6.45, 7) is 0.413. The predicted octanol–water partition coefficient (Wildman–Crippen LogP) is 1.15. The van der Waals surface area contributed by atoms with E-state index >= 15 is 0 Å². The van der Waals surface area contributed by atoms with Crippen LogP contribution in [0, 0.1) is 17.2 Å². The molecule has 1 N–H and O–H groups in total. The number of piperidine rings is 1. The van der Waals surface area contributed by atoms with E-state index in [1.165, 1.54) is 4.90 Å². The summed E-state index contributed by atoms with van der Waals surface area (Å²) in [5.74, 6) is -0.209. The molecule has 2 atom stereocenters. The third-order valence-corrected chi connectivity index (χ3v) is 2.50. The number of β-amino-alcohol motifs (C(OH)–C–C–N with tert-alkyl or cyclic N) is 1. The average Bonchev–Trinajstić information content (AvgIpc) is 2.16. The van der Waals surface area contributed by atoms with Gasteiger partial charge in [-0.3, -0.25) is 4.90 Å². The standard InChI is InChI=1S/C9H13F3N2O/c10-9(11,12)8(15)6-14-3-1-2-7(4-13)5-14/h7-8,15H,1-3,5-6H2. The largest absolute Gasteiger partial charge is 0.415 e. The van der Waals surface area contributed by atoms with E-state index in [-0.39, 0.29) is 5.92 Å². The lowest BCUT2D eigenvalue weighted by atomic mass is 9.99. The van der Waals surface area contributed by atoms with Gasteiger partial charge in [0, 0.05) is 13.1 Å². The Morgan fingerprint density at radius 1 is 1.53 bits per heavy atom. The van der Waals surface area contributed by atoms with Gasteiger partial charge >= 0.3 is 6.18 Å². The van der Waals surface area contributed by atoms with E-state index in [2.05, 4.69) is 0 Å². The first-order valence-electron chi connectivity index (χ1n) is 4.80. The maximum Gasteiger partial charge on any atom is 0.415 e. The molecule has 1 fully saturated rings. The van der Waals surface area contributed by atoms with E-state index in [9.17, 15) is 13.2 Å².